The predicted octanol–water partition coefficient (Wildman–Crippen LogP) is 2.38. The summed E-state index contributed by atoms with van der Waals surface area (Å²) in [5.74, 6) is -0.574. The number of ether oxygens (including phenoxy) is 1. The molecule has 1 aromatic rings. The van der Waals surface area contributed by atoms with E-state index in [1.54, 1.807) is 6.92 Å². The van der Waals surface area contributed by atoms with E-state index in [0.29, 0.717) is 13.0 Å². The maximum atomic E-state index is 11.7. The number of hydrogen-bond acceptors (Lipinski definition) is 2. The number of fused-ring (bicyclic) bond motifs is 1. The summed E-state index contributed by atoms with van der Waals surface area (Å²) < 4.78 is 5.01. The lowest BCUT2D eigenvalue weighted by atomic mass is 10.0. The molecule has 0 N–H and O–H groups in total. The van der Waals surface area contributed by atoms with E-state index in [9.17, 15) is 4.79 Å². The Hall–Kier alpha value is -1.82. The second-order valence-corrected chi connectivity index (χ2v) is 3.84. The molecule has 3 nitrogen and oxygen atoms in total. The van der Waals surface area contributed by atoms with Gasteiger partial charge in [0.1, 0.15) is 5.92 Å². The lowest BCUT2D eigenvalue weighted by molar-refractivity contribution is -0.148. The topological polar surface area (TPSA) is 30.7 Å². The van der Waals surface area contributed by atoms with Crippen LogP contribution >= 0.6 is 0 Å². The van der Waals surface area contributed by atoms with Crippen molar-refractivity contribution in [2.24, 2.45) is 5.92 Å². The molecule has 0 bridgehead atoms. The van der Waals surface area contributed by atoms with Crippen LogP contribution in [0.25, 0.3) is 4.85 Å². The number of nitrogens with zero attached hydrogens (tertiary/aromatic N) is 1. The van der Waals surface area contributed by atoms with E-state index < -0.39 is 0 Å². The Morgan fingerprint density at radius 1 is 1.56 bits per heavy atom. The van der Waals surface area contributed by atoms with Crippen LogP contribution in [-0.4, -0.2) is 12.6 Å². The summed E-state index contributed by atoms with van der Waals surface area (Å²) in [5, 5.41) is 0. The third-order valence-corrected chi connectivity index (χ3v) is 2.92. The van der Waals surface area contributed by atoms with Gasteiger partial charge in [-0.25, -0.2) is 6.57 Å². The summed E-state index contributed by atoms with van der Waals surface area (Å²) in [7, 11) is 0. The third-order valence-electron chi connectivity index (χ3n) is 2.92. The van der Waals surface area contributed by atoms with Gasteiger partial charge in [-0.3, -0.25) is 4.79 Å². The van der Waals surface area contributed by atoms with Gasteiger partial charge in [-0.2, -0.15) is 0 Å². The molecule has 0 fully saturated rings. The van der Waals surface area contributed by atoms with E-state index in [1.807, 2.05) is 24.3 Å². The zero-order chi connectivity index (χ0) is 11.5. The maximum Gasteiger partial charge on any atom is 0.317 e. The highest BCUT2D eigenvalue weighted by Crippen LogP contribution is 2.39. The Balaban J connectivity index is 2.28. The summed E-state index contributed by atoms with van der Waals surface area (Å²) >= 11 is 0. The molecule has 2 unspecified atom stereocenters. The van der Waals surface area contributed by atoms with Crippen LogP contribution in [0, 0.1) is 12.5 Å². The van der Waals surface area contributed by atoms with Crippen molar-refractivity contribution in [3.05, 3.63) is 46.8 Å². The van der Waals surface area contributed by atoms with Gasteiger partial charge in [0.2, 0.25) is 0 Å². The van der Waals surface area contributed by atoms with E-state index in [1.165, 1.54) is 0 Å². The summed E-state index contributed by atoms with van der Waals surface area (Å²) in [4.78, 5) is 15.3. The lowest BCUT2D eigenvalue weighted by Crippen LogP contribution is -2.20. The fourth-order valence-corrected chi connectivity index (χ4v) is 2.19. The van der Waals surface area contributed by atoms with Gasteiger partial charge in [-0.05, 0) is 18.9 Å². The van der Waals surface area contributed by atoms with Crippen LogP contribution in [0.1, 0.15) is 24.1 Å². The van der Waals surface area contributed by atoms with Gasteiger partial charge in [-0.15, -0.1) is 0 Å². The zero-order valence-electron chi connectivity index (χ0n) is 9.14. The van der Waals surface area contributed by atoms with Gasteiger partial charge in [0, 0.05) is 5.56 Å². The molecule has 1 aliphatic carbocycles. The Morgan fingerprint density at radius 3 is 3.00 bits per heavy atom. The average molecular weight is 215 g/mol. The minimum atomic E-state index is -0.366. The monoisotopic (exact) mass is 215 g/mol. The molecule has 2 rings (SSSR count). The molecule has 0 aromatic heterocycles. The van der Waals surface area contributed by atoms with E-state index in [-0.39, 0.29) is 17.9 Å². The van der Waals surface area contributed by atoms with Crippen molar-refractivity contribution in [2.45, 2.75) is 19.4 Å². The first-order valence-corrected chi connectivity index (χ1v) is 5.39. The molecule has 1 aromatic carbocycles. The second-order valence-electron chi connectivity index (χ2n) is 3.84. The van der Waals surface area contributed by atoms with Crippen molar-refractivity contribution in [2.75, 3.05) is 6.61 Å². The number of carbonyl (C=O) groups is 1. The smallest absolute Gasteiger partial charge is 0.317 e. The van der Waals surface area contributed by atoms with Crippen molar-refractivity contribution in [3.63, 3.8) is 0 Å². The zero-order valence-corrected chi connectivity index (χ0v) is 9.14. The highest BCUT2D eigenvalue weighted by molar-refractivity contribution is 5.76. The third kappa shape index (κ3) is 1.67. The van der Waals surface area contributed by atoms with Crippen LogP contribution in [-0.2, 0) is 16.0 Å². The summed E-state index contributed by atoms with van der Waals surface area (Å²) in [6, 6.07) is 7.39. The SMILES string of the molecule is [C-]#[N+]C1c2ccccc2CC1C(=O)OCC. The Labute approximate surface area is 94.9 Å². The summed E-state index contributed by atoms with van der Waals surface area (Å²) in [6.45, 7) is 9.36. The molecular weight excluding hydrogens is 202 g/mol. The van der Waals surface area contributed by atoms with E-state index in [2.05, 4.69) is 4.85 Å². The van der Waals surface area contributed by atoms with Crippen LogP contribution in [0.3, 0.4) is 0 Å². The van der Waals surface area contributed by atoms with Gasteiger partial charge < -0.3 is 9.58 Å². The molecule has 0 saturated carbocycles. The molecule has 2 atom stereocenters. The number of rotatable bonds is 2. The predicted molar refractivity (Wildman–Crippen MR) is 59.6 cm³/mol. The van der Waals surface area contributed by atoms with Gasteiger partial charge >= 0.3 is 5.97 Å². The molecule has 0 saturated heterocycles. The first kappa shape index (κ1) is 10.7. The molecule has 0 amide bonds. The van der Waals surface area contributed by atoms with Gasteiger partial charge in [0.05, 0.1) is 6.61 Å². The molecule has 0 aliphatic heterocycles. The second kappa shape index (κ2) is 4.36. The van der Waals surface area contributed by atoms with Gasteiger partial charge in [-0.1, -0.05) is 24.3 Å². The van der Waals surface area contributed by atoms with Crippen molar-refractivity contribution < 1.29 is 9.53 Å². The van der Waals surface area contributed by atoms with E-state index >= 15 is 0 Å². The molecule has 82 valence electrons. The molecule has 1 aliphatic rings. The highest BCUT2D eigenvalue weighted by Gasteiger charge is 2.42. The van der Waals surface area contributed by atoms with Gasteiger partial charge in [0.15, 0.2) is 0 Å². The first-order valence-electron chi connectivity index (χ1n) is 5.39. The number of carbonyl (C=O) groups excluding carboxylic acids is 1. The van der Waals surface area contributed by atoms with Crippen LogP contribution in [0.4, 0.5) is 0 Å². The highest BCUT2D eigenvalue weighted by atomic mass is 16.5. The lowest BCUT2D eigenvalue weighted by Gasteiger charge is -2.08. The number of hydrogen-bond donors (Lipinski definition) is 0. The maximum absolute atomic E-state index is 11.7. The van der Waals surface area contributed by atoms with Crippen molar-refractivity contribution >= 4 is 5.97 Å². The van der Waals surface area contributed by atoms with E-state index in [0.717, 1.165) is 11.1 Å². The molecule has 16 heavy (non-hydrogen) atoms. The van der Waals surface area contributed by atoms with E-state index in [4.69, 9.17) is 11.3 Å². The van der Waals surface area contributed by atoms with Crippen LogP contribution in [0.15, 0.2) is 24.3 Å². The largest absolute Gasteiger partial charge is 0.466 e. The van der Waals surface area contributed by atoms with Crippen LogP contribution in [0.2, 0.25) is 0 Å². The quantitative estimate of drug-likeness (QED) is 0.560. The Morgan fingerprint density at radius 2 is 2.31 bits per heavy atom. The molecule has 0 spiro atoms. The first-order chi connectivity index (χ1) is 7.77. The Kier molecular flexibility index (Phi) is 2.91. The average Bonchev–Trinajstić information content (AvgIpc) is 2.67. The molecule has 3 heteroatoms. The standard InChI is InChI=1S/C13H13NO2/c1-3-16-13(15)11-8-9-6-4-5-7-10(9)12(11)14-2/h4-7,11-12H,3,8H2,1H3. The number of benzene rings is 1. The minimum Gasteiger partial charge on any atom is -0.466 e. The summed E-state index contributed by atoms with van der Waals surface area (Å²) in [5.41, 5.74) is 2.08. The Bertz CT molecular complexity index is 447. The van der Waals surface area contributed by atoms with Crippen molar-refractivity contribution in [1.29, 1.82) is 0 Å². The minimum absolute atomic E-state index is 0.250. The molecule has 0 radical (unpaired) electrons. The number of esters is 1. The van der Waals surface area contributed by atoms with Crippen molar-refractivity contribution in [1.82, 2.24) is 0 Å². The normalized spacial score (nSPS) is 22.2. The summed E-state index contributed by atoms with van der Waals surface area (Å²) in [6.07, 6.45) is 0.627. The van der Waals surface area contributed by atoms with Crippen LogP contribution in [0.5, 0.6) is 0 Å². The molecule has 0 heterocycles. The van der Waals surface area contributed by atoms with Crippen LogP contribution < -0.4 is 0 Å². The fourth-order valence-electron chi connectivity index (χ4n) is 2.19. The van der Waals surface area contributed by atoms with Gasteiger partial charge in [0.25, 0.3) is 6.04 Å². The fraction of sp³-hybridized carbons (Fsp3) is 0.385. The van der Waals surface area contributed by atoms with Crippen molar-refractivity contribution in [3.8, 4) is 0 Å². The molecular formula is C13H13NO2.